The van der Waals surface area contributed by atoms with Gasteiger partial charge in [-0.3, -0.25) is 9.59 Å². The maximum atomic E-state index is 11.7. The fourth-order valence-electron chi connectivity index (χ4n) is 1.89. The van der Waals surface area contributed by atoms with E-state index < -0.39 is 0 Å². The lowest BCUT2D eigenvalue weighted by Gasteiger charge is -2.02. The Labute approximate surface area is 116 Å². The highest BCUT2D eigenvalue weighted by Gasteiger charge is 2.19. The number of allylic oxidation sites excluding steroid dienone is 1. The van der Waals surface area contributed by atoms with Gasteiger partial charge < -0.3 is 14.5 Å². The van der Waals surface area contributed by atoms with Crippen LogP contribution in [0.4, 0.5) is 5.69 Å². The first-order valence-electron chi connectivity index (χ1n) is 6.12. The van der Waals surface area contributed by atoms with Crippen molar-refractivity contribution < 1.29 is 18.7 Å². The summed E-state index contributed by atoms with van der Waals surface area (Å²) in [5.41, 5.74) is 0.878. The number of carbonyl (C=O) groups is 2. The molecule has 2 aromatic rings. The minimum atomic E-state index is -0.312. The monoisotopic (exact) mass is 273 g/mol. The van der Waals surface area contributed by atoms with Crippen LogP contribution in [-0.4, -0.2) is 18.8 Å². The summed E-state index contributed by atoms with van der Waals surface area (Å²) in [6, 6.07) is 5.16. The Balaban J connectivity index is 2.57. The highest BCUT2D eigenvalue weighted by molar-refractivity contribution is 6.12. The second-order valence-corrected chi connectivity index (χ2v) is 4.21. The zero-order chi connectivity index (χ0) is 14.7. The molecule has 0 bridgehead atoms. The van der Waals surface area contributed by atoms with E-state index in [-0.39, 0.29) is 17.5 Å². The topological polar surface area (TPSA) is 68.5 Å². The fraction of sp³-hybridized carbons (Fsp3) is 0.200. The number of benzene rings is 1. The van der Waals surface area contributed by atoms with E-state index in [4.69, 9.17) is 9.15 Å². The van der Waals surface area contributed by atoms with Crippen molar-refractivity contribution in [3.63, 3.8) is 0 Å². The molecule has 5 nitrogen and oxygen atoms in total. The number of Topliss-reactive ketones (excluding diaryl/α,β-unsaturated/α-hetero) is 1. The summed E-state index contributed by atoms with van der Waals surface area (Å²) in [5, 5.41) is 3.33. The Kier molecular flexibility index (Phi) is 3.89. The first-order chi connectivity index (χ1) is 9.56. The van der Waals surface area contributed by atoms with E-state index >= 15 is 0 Å². The first kappa shape index (κ1) is 13.9. The van der Waals surface area contributed by atoms with Crippen molar-refractivity contribution in [2.45, 2.75) is 13.8 Å². The number of methoxy groups -OCH3 is 1. The van der Waals surface area contributed by atoms with Crippen LogP contribution in [0.1, 0.15) is 24.4 Å². The van der Waals surface area contributed by atoms with E-state index in [1.807, 2.05) is 0 Å². The maximum absolute atomic E-state index is 11.7. The molecule has 1 aromatic heterocycles. The van der Waals surface area contributed by atoms with E-state index in [2.05, 4.69) is 5.32 Å². The molecular weight excluding hydrogens is 258 g/mol. The van der Waals surface area contributed by atoms with E-state index in [1.54, 1.807) is 38.3 Å². The number of carbonyl (C=O) groups excluding carboxylic acids is 2. The predicted molar refractivity (Wildman–Crippen MR) is 76.2 cm³/mol. The van der Waals surface area contributed by atoms with Crippen molar-refractivity contribution in [1.82, 2.24) is 0 Å². The van der Waals surface area contributed by atoms with Gasteiger partial charge >= 0.3 is 0 Å². The van der Waals surface area contributed by atoms with Crippen LogP contribution in [0.5, 0.6) is 5.75 Å². The predicted octanol–water partition coefficient (Wildman–Crippen LogP) is 3.16. The van der Waals surface area contributed by atoms with Crippen LogP contribution in [0.3, 0.4) is 0 Å². The van der Waals surface area contributed by atoms with Crippen LogP contribution in [0.2, 0.25) is 0 Å². The molecule has 0 fully saturated rings. The van der Waals surface area contributed by atoms with Crippen molar-refractivity contribution in [3.8, 4) is 5.75 Å². The van der Waals surface area contributed by atoms with Crippen LogP contribution in [-0.2, 0) is 4.79 Å². The van der Waals surface area contributed by atoms with E-state index in [0.717, 1.165) is 0 Å². The number of hydrogen-bond acceptors (Lipinski definition) is 4. The molecule has 20 heavy (non-hydrogen) atoms. The highest BCUT2D eigenvalue weighted by atomic mass is 16.5. The van der Waals surface area contributed by atoms with Crippen LogP contribution < -0.4 is 10.1 Å². The summed E-state index contributed by atoms with van der Waals surface area (Å²) in [7, 11) is 1.55. The molecule has 0 radical (unpaired) electrons. The van der Waals surface area contributed by atoms with Gasteiger partial charge in [0.05, 0.1) is 12.8 Å². The summed E-state index contributed by atoms with van der Waals surface area (Å²) < 4.78 is 10.6. The second kappa shape index (κ2) is 5.61. The fourth-order valence-corrected chi connectivity index (χ4v) is 1.89. The summed E-state index contributed by atoms with van der Waals surface area (Å²) >= 11 is 0. The standard InChI is InChI=1S/C15H15NO4/c1-4-5-13(18)16-14-11-7-6-10(19-3)8-12(11)20-15(14)9(2)17/h4-8H,1-3H3,(H,16,18). The van der Waals surface area contributed by atoms with Crippen molar-refractivity contribution in [2.24, 2.45) is 0 Å². The molecule has 0 aliphatic rings. The number of fused-ring (bicyclic) bond motifs is 1. The largest absolute Gasteiger partial charge is 0.497 e. The van der Waals surface area contributed by atoms with Gasteiger partial charge in [-0.15, -0.1) is 0 Å². The summed E-state index contributed by atoms with van der Waals surface area (Å²) in [5.74, 6) is 0.184. The Morgan fingerprint density at radius 1 is 1.35 bits per heavy atom. The van der Waals surface area contributed by atoms with Crippen LogP contribution in [0, 0.1) is 0 Å². The van der Waals surface area contributed by atoms with Gasteiger partial charge in [0.25, 0.3) is 0 Å². The molecule has 0 spiro atoms. The van der Waals surface area contributed by atoms with Crippen LogP contribution in [0.15, 0.2) is 34.8 Å². The van der Waals surface area contributed by atoms with Gasteiger partial charge in [-0.05, 0) is 25.1 Å². The van der Waals surface area contributed by atoms with Crippen molar-refractivity contribution >= 4 is 28.3 Å². The average Bonchev–Trinajstić information content (AvgIpc) is 2.77. The lowest BCUT2D eigenvalue weighted by Crippen LogP contribution is -2.09. The molecule has 0 atom stereocenters. The van der Waals surface area contributed by atoms with Gasteiger partial charge in [-0.2, -0.15) is 0 Å². The summed E-state index contributed by atoms with van der Waals surface area (Å²) in [6.45, 7) is 3.13. The zero-order valence-electron chi connectivity index (χ0n) is 11.5. The lowest BCUT2D eigenvalue weighted by molar-refractivity contribution is -0.111. The number of furan rings is 1. The van der Waals surface area contributed by atoms with Crippen molar-refractivity contribution in [3.05, 3.63) is 36.1 Å². The first-order valence-corrected chi connectivity index (χ1v) is 6.12. The van der Waals surface area contributed by atoms with Crippen molar-refractivity contribution in [2.75, 3.05) is 12.4 Å². The number of ketones is 1. The average molecular weight is 273 g/mol. The highest BCUT2D eigenvalue weighted by Crippen LogP contribution is 2.33. The molecule has 0 saturated carbocycles. The van der Waals surface area contributed by atoms with E-state index in [1.165, 1.54) is 13.0 Å². The van der Waals surface area contributed by atoms with Gasteiger partial charge in [-0.1, -0.05) is 6.08 Å². The summed E-state index contributed by atoms with van der Waals surface area (Å²) in [6.07, 6.45) is 3.00. The molecule has 1 N–H and O–H groups in total. The molecule has 2 rings (SSSR count). The minimum Gasteiger partial charge on any atom is -0.497 e. The molecule has 1 heterocycles. The van der Waals surface area contributed by atoms with Crippen LogP contribution in [0.25, 0.3) is 11.0 Å². The van der Waals surface area contributed by atoms with Gasteiger partial charge in [-0.25, -0.2) is 0 Å². The third-order valence-electron chi connectivity index (χ3n) is 2.78. The SMILES string of the molecule is CC=CC(=O)Nc1c(C(C)=O)oc2cc(OC)ccc12. The molecule has 0 aliphatic heterocycles. The third-order valence-corrected chi connectivity index (χ3v) is 2.78. The molecule has 0 unspecified atom stereocenters. The Morgan fingerprint density at radius 3 is 2.70 bits per heavy atom. The van der Waals surface area contributed by atoms with Crippen LogP contribution >= 0.6 is 0 Å². The number of anilines is 1. The van der Waals surface area contributed by atoms with Gasteiger partial charge in [0.2, 0.25) is 5.91 Å². The quantitative estimate of drug-likeness (QED) is 0.686. The van der Waals surface area contributed by atoms with E-state index in [0.29, 0.717) is 22.4 Å². The van der Waals surface area contributed by atoms with E-state index in [9.17, 15) is 9.59 Å². The Hall–Kier alpha value is -2.56. The van der Waals surface area contributed by atoms with Gasteiger partial charge in [0.15, 0.2) is 11.5 Å². The molecule has 104 valence electrons. The number of hydrogen-bond donors (Lipinski definition) is 1. The molecular formula is C15H15NO4. The number of amides is 1. The molecule has 1 amide bonds. The second-order valence-electron chi connectivity index (χ2n) is 4.21. The number of rotatable bonds is 4. The van der Waals surface area contributed by atoms with Gasteiger partial charge in [0, 0.05) is 18.4 Å². The smallest absolute Gasteiger partial charge is 0.248 e. The number of ether oxygens (including phenoxy) is 1. The molecule has 1 aromatic carbocycles. The van der Waals surface area contributed by atoms with Gasteiger partial charge in [0.1, 0.15) is 11.3 Å². The molecule has 0 saturated heterocycles. The Bertz CT molecular complexity index is 697. The normalized spacial score (nSPS) is 10.9. The minimum absolute atomic E-state index is 0.131. The molecule has 5 heteroatoms. The lowest BCUT2D eigenvalue weighted by atomic mass is 10.2. The third kappa shape index (κ3) is 2.56. The maximum Gasteiger partial charge on any atom is 0.248 e. The summed E-state index contributed by atoms with van der Waals surface area (Å²) in [4.78, 5) is 23.3. The Morgan fingerprint density at radius 2 is 2.10 bits per heavy atom. The number of nitrogens with one attached hydrogen (secondary N) is 1. The zero-order valence-corrected chi connectivity index (χ0v) is 11.5. The molecule has 0 aliphatic carbocycles. The van der Waals surface area contributed by atoms with Crippen molar-refractivity contribution in [1.29, 1.82) is 0 Å².